The molecule has 0 unspecified atom stereocenters. The Balaban J connectivity index is 1.57. The van der Waals surface area contributed by atoms with Crippen molar-refractivity contribution < 1.29 is 23.6 Å². The fraction of sp³-hybridized carbons (Fsp3) is 0.667. The van der Waals surface area contributed by atoms with E-state index in [9.17, 15) is 4.79 Å². The highest BCUT2D eigenvalue weighted by atomic mass is 16.6. The van der Waals surface area contributed by atoms with E-state index in [-0.39, 0.29) is 17.6 Å². The second-order valence-corrected chi connectivity index (χ2v) is 9.44. The van der Waals surface area contributed by atoms with Crippen LogP contribution in [0.15, 0.2) is 24.3 Å². The molecule has 3 rings (SSSR count). The lowest BCUT2D eigenvalue weighted by molar-refractivity contribution is 0.0126. The lowest BCUT2D eigenvalue weighted by atomic mass is 9.75. The maximum absolute atomic E-state index is 12.2. The van der Waals surface area contributed by atoms with Crippen molar-refractivity contribution in [3.63, 3.8) is 0 Å². The third-order valence-corrected chi connectivity index (χ3v) is 4.81. The molecule has 154 valence electrons. The standard InChI is InChI=1S/C21H32BNO5/c1-20(2,3)28-19(24)23-12-10-16(11-13-23)27-18-9-7-6-8-17(18)22-25-14-21(4,5)15-26-22/h6-9,16H,10-15H2,1-5H3. The SMILES string of the molecule is CC1(C)COB(c2ccccc2OC2CCN(C(=O)OC(C)(C)C)CC2)OC1. The molecule has 2 aliphatic heterocycles. The molecule has 2 aliphatic rings. The van der Waals surface area contributed by atoms with Gasteiger partial charge in [0.05, 0.1) is 0 Å². The van der Waals surface area contributed by atoms with E-state index in [4.69, 9.17) is 18.8 Å². The number of para-hydroxylation sites is 1. The number of hydrogen-bond acceptors (Lipinski definition) is 5. The summed E-state index contributed by atoms with van der Waals surface area (Å²) in [5, 5.41) is 0. The molecule has 0 saturated carbocycles. The Bertz CT molecular complexity index is 670. The van der Waals surface area contributed by atoms with Crippen LogP contribution in [0.5, 0.6) is 5.75 Å². The molecule has 0 aromatic heterocycles. The molecule has 2 fully saturated rings. The monoisotopic (exact) mass is 389 g/mol. The topological polar surface area (TPSA) is 57.2 Å². The predicted molar refractivity (Wildman–Crippen MR) is 109 cm³/mol. The van der Waals surface area contributed by atoms with Crippen LogP contribution in [-0.4, -0.2) is 56.1 Å². The zero-order valence-electron chi connectivity index (χ0n) is 17.7. The summed E-state index contributed by atoms with van der Waals surface area (Å²) >= 11 is 0. The van der Waals surface area contributed by atoms with Gasteiger partial charge < -0.3 is 23.7 Å². The minimum atomic E-state index is -0.474. The van der Waals surface area contributed by atoms with E-state index in [1.54, 1.807) is 4.90 Å². The number of benzene rings is 1. The van der Waals surface area contributed by atoms with Crippen LogP contribution in [0.4, 0.5) is 4.79 Å². The number of ether oxygens (including phenoxy) is 2. The second kappa shape index (κ2) is 8.33. The fourth-order valence-corrected chi connectivity index (χ4v) is 3.32. The van der Waals surface area contributed by atoms with E-state index in [0.29, 0.717) is 26.3 Å². The van der Waals surface area contributed by atoms with E-state index in [1.165, 1.54) is 0 Å². The number of piperidine rings is 1. The summed E-state index contributed by atoms with van der Waals surface area (Å²) in [4.78, 5) is 14.0. The van der Waals surface area contributed by atoms with E-state index in [0.717, 1.165) is 24.1 Å². The maximum atomic E-state index is 12.2. The number of amides is 1. The van der Waals surface area contributed by atoms with Gasteiger partial charge in [-0.2, -0.15) is 0 Å². The minimum Gasteiger partial charge on any atom is -0.491 e. The summed E-state index contributed by atoms with van der Waals surface area (Å²) in [7, 11) is -0.397. The van der Waals surface area contributed by atoms with Crippen LogP contribution < -0.4 is 10.2 Å². The first-order chi connectivity index (χ1) is 13.1. The van der Waals surface area contributed by atoms with Gasteiger partial charge in [-0.15, -0.1) is 0 Å². The zero-order chi connectivity index (χ0) is 20.4. The van der Waals surface area contributed by atoms with E-state index < -0.39 is 12.7 Å². The van der Waals surface area contributed by atoms with E-state index in [1.807, 2.05) is 45.0 Å². The number of hydrogen-bond donors (Lipinski definition) is 0. The van der Waals surface area contributed by atoms with Gasteiger partial charge >= 0.3 is 13.2 Å². The number of nitrogens with zero attached hydrogens (tertiary/aromatic N) is 1. The molecule has 0 aliphatic carbocycles. The molecular formula is C21H32BNO5. The molecule has 0 atom stereocenters. The Hall–Kier alpha value is -1.73. The number of likely N-dealkylation sites (tertiary alicyclic amines) is 1. The smallest absolute Gasteiger partial charge is 0.491 e. The predicted octanol–water partition coefficient (Wildman–Crippen LogP) is 3.23. The summed E-state index contributed by atoms with van der Waals surface area (Å²) in [5.41, 5.74) is 0.478. The third-order valence-electron chi connectivity index (χ3n) is 4.81. The highest BCUT2D eigenvalue weighted by molar-refractivity contribution is 6.62. The van der Waals surface area contributed by atoms with Gasteiger partial charge in [-0.25, -0.2) is 4.79 Å². The number of carbonyl (C=O) groups excluding carboxylic acids is 1. The first-order valence-corrected chi connectivity index (χ1v) is 10.1. The molecule has 0 bridgehead atoms. The first kappa shape index (κ1) is 21.0. The van der Waals surface area contributed by atoms with Gasteiger partial charge in [0, 0.05) is 50.0 Å². The molecule has 28 heavy (non-hydrogen) atoms. The van der Waals surface area contributed by atoms with Gasteiger partial charge in [0.2, 0.25) is 0 Å². The normalized spacial score (nSPS) is 20.8. The third kappa shape index (κ3) is 5.64. The molecule has 0 N–H and O–H groups in total. The molecule has 1 aromatic carbocycles. The minimum absolute atomic E-state index is 0.0286. The summed E-state index contributed by atoms with van der Waals surface area (Å²) < 4.78 is 23.6. The van der Waals surface area contributed by atoms with Gasteiger partial charge in [-0.1, -0.05) is 32.0 Å². The lowest BCUT2D eigenvalue weighted by Gasteiger charge is -2.35. The number of carbonyl (C=O) groups is 1. The molecule has 1 aromatic rings. The molecule has 7 heteroatoms. The van der Waals surface area contributed by atoms with Crippen LogP contribution >= 0.6 is 0 Å². The Morgan fingerprint density at radius 2 is 1.75 bits per heavy atom. The van der Waals surface area contributed by atoms with Crippen molar-refractivity contribution in [1.82, 2.24) is 4.90 Å². The van der Waals surface area contributed by atoms with Crippen molar-refractivity contribution in [3.8, 4) is 5.75 Å². The molecular weight excluding hydrogens is 357 g/mol. The Labute approximate surface area is 168 Å². The van der Waals surface area contributed by atoms with Crippen LogP contribution in [0, 0.1) is 5.41 Å². The summed E-state index contributed by atoms with van der Waals surface area (Å²) in [6.45, 7) is 12.5. The van der Waals surface area contributed by atoms with Crippen molar-refractivity contribution in [2.75, 3.05) is 26.3 Å². The van der Waals surface area contributed by atoms with Crippen LogP contribution in [0.3, 0.4) is 0 Å². The van der Waals surface area contributed by atoms with Crippen molar-refractivity contribution >= 4 is 18.7 Å². The molecule has 6 nitrogen and oxygen atoms in total. The van der Waals surface area contributed by atoms with Gasteiger partial charge in [-0.3, -0.25) is 0 Å². The van der Waals surface area contributed by atoms with Gasteiger partial charge in [-0.05, 0) is 26.8 Å². The van der Waals surface area contributed by atoms with E-state index in [2.05, 4.69) is 13.8 Å². The average Bonchev–Trinajstić information content (AvgIpc) is 2.62. The fourth-order valence-electron chi connectivity index (χ4n) is 3.32. The summed E-state index contributed by atoms with van der Waals surface area (Å²) in [6, 6.07) is 7.89. The summed E-state index contributed by atoms with van der Waals surface area (Å²) in [5.74, 6) is 0.794. The van der Waals surface area contributed by atoms with Crippen molar-refractivity contribution in [1.29, 1.82) is 0 Å². The molecule has 2 heterocycles. The highest BCUT2D eigenvalue weighted by Crippen LogP contribution is 2.24. The highest BCUT2D eigenvalue weighted by Gasteiger charge is 2.36. The quantitative estimate of drug-likeness (QED) is 0.743. The Morgan fingerprint density at radius 1 is 1.14 bits per heavy atom. The summed E-state index contributed by atoms with van der Waals surface area (Å²) in [6.07, 6.45) is 1.35. The van der Waals surface area contributed by atoms with Crippen molar-refractivity contribution in [2.24, 2.45) is 5.41 Å². The zero-order valence-corrected chi connectivity index (χ0v) is 17.7. The van der Waals surface area contributed by atoms with Crippen LogP contribution in [0.1, 0.15) is 47.5 Å². The van der Waals surface area contributed by atoms with Gasteiger partial charge in [0.25, 0.3) is 0 Å². The lowest BCUT2D eigenvalue weighted by Crippen LogP contribution is -2.48. The van der Waals surface area contributed by atoms with Crippen molar-refractivity contribution in [3.05, 3.63) is 24.3 Å². The molecule has 2 saturated heterocycles. The number of rotatable bonds is 3. The Kier molecular flexibility index (Phi) is 6.25. The van der Waals surface area contributed by atoms with Gasteiger partial charge in [0.15, 0.2) is 0 Å². The van der Waals surface area contributed by atoms with E-state index >= 15 is 0 Å². The molecule has 0 radical (unpaired) electrons. The maximum Gasteiger partial charge on any atom is 0.497 e. The average molecular weight is 389 g/mol. The van der Waals surface area contributed by atoms with Crippen LogP contribution in [-0.2, 0) is 14.0 Å². The second-order valence-electron chi connectivity index (χ2n) is 9.44. The Morgan fingerprint density at radius 3 is 2.36 bits per heavy atom. The van der Waals surface area contributed by atoms with Crippen LogP contribution in [0.25, 0.3) is 0 Å². The van der Waals surface area contributed by atoms with Crippen molar-refractivity contribution in [2.45, 2.75) is 59.2 Å². The largest absolute Gasteiger partial charge is 0.497 e. The molecule has 1 amide bonds. The van der Waals surface area contributed by atoms with Gasteiger partial charge in [0.1, 0.15) is 17.5 Å². The first-order valence-electron chi connectivity index (χ1n) is 10.1. The van der Waals surface area contributed by atoms with Crippen LogP contribution in [0.2, 0.25) is 0 Å². The molecule has 0 spiro atoms.